The predicted octanol–water partition coefficient (Wildman–Crippen LogP) is 2.62. The molecule has 0 unspecified atom stereocenters. The highest BCUT2D eigenvalue weighted by Gasteiger charge is 2.28. The quantitative estimate of drug-likeness (QED) is 0.792. The van der Waals surface area contributed by atoms with Crippen molar-refractivity contribution in [2.45, 2.75) is 44.6 Å². The Balaban J connectivity index is 2.03. The number of carboxylic acid groups (broad SMARTS) is 1. The summed E-state index contributed by atoms with van der Waals surface area (Å²) in [5.74, 6) is -1.16. The van der Waals surface area contributed by atoms with Gasteiger partial charge in [-0.25, -0.2) is 14.6 Å². The molecular weight excluding hydrogens is 258 g/mol. The van der Waals surface area contributed by atoms with Gasteiger partial charge in [-0.2, -0.15) is 0 Å². The van der Waals surface area contributed by atoms with Crippen LogP contribution in [0.1, 0.15) is 49.5 Å². The number of carbonyl (C=O) groups excluding carboxylic acids is 1. The third-order valence-corrected chi connectivity index (χ3v) is 3.63. The molecule has 1 saturated carbocycles. The van der Waals surface area contributed by atoms with Crippen LogP contribution in [0.5, 0.6) is 0 Å². The normalized spacial score (nSPS) is 17.2. The monoisotopic (exact) mass is 277 g/mol. The van der Waals surface area contributed by atoms with Crippen molar-refractivity contribution in [3.05, 3.63) is 24.0 Å². The van der Waals surface area contributed by atoms with E-state index in [4.69, 9.17) is 5.11 Å². The number of anilines is 1. The SMILES string of the molecule is CC1(NC(=O)Nc2cccnc2C(=O)O)CCCCC1. The van der Waals surface area contributed by atoms with Crippen molar-refractivity contribution in [1.29, 1.82) is 0 Å². The summed E-state index contributed by atoms with van der Waals surface area (Å²) < 4.78 is 0. The first kappa shape index (κ1) is 14.3. The van der Waals surface area contributed by atoms with Crippen LogP contribution >= 0.6 is 0 Å². The summed E-state index contributed by atoms with van der Waals surface area (Å²) in [5, 5.41) is 14.5. The lowest BCUT2D eigenvalue weighted by atomic mass is 9.83. The van der Waals surface area contributed by atoms with E-state index in [1.807, 2.05) is 6.92 Å². The van der Waals surface area contributed by atoms with Gasteiger partial charge in [0.1, 0.15) is 0 Å². The average molecular weight is 277 g/mol. The number of amides is 2. The highest BCUT2D eigenvalue weighted by molar-refractivity contribution is 5.98. The Kier molecular flexibility index (Phi) is 4.22. The zero-order valence-corrected chi connectivity index (χ0v) is 11.5. The average Bonchev–Trinajstić information content (AvgIpc) is 2.39. The minimum Gasteiger partial charge on any atom is -0.476 e. The Morgan fingerprint density at radius 1 is 1.30 bits per heavy atom. The second-order valence-corrected chi connectivity index (χ2v) is 5.41. The zero-order valence-electron chi connectivity index (χ0n) is 11.5. The van der Waals surface area contributed by atoms with Crippen molar-refractivity contribution in [2.24, 2.45) is 0 Å². The van der Waals surface area contributed by atoms with Crippen LogP contribution in [-0.2, 0) is 0 Å². The highest BCUT2D eigenvalue weighted by atomic mass is 16.4. The standard InChI is InChI=1S/C14H19N3O3/c1-14(7-3-2-4-8-14)17-13(20)16-10-6-5-9-15-11(10)12(18)19/h5-6,9H,2-4,7-8H2,1H3,(H,18,19)(H2,16,17,20). The minimum absolute atomic E-state index is 0.156. The number of urea groups is 1. The molecule has 108 valence electrons. The van der Waals surface area contributed by atoms with Gasteiger partial charge in [0.15, 0.2) is 5.69 Å². The van der Waals surface area contributed by atoms with E-state index >= 15 is 0 Å². The number of nitrogens with one attached hydrogen (secondary N) is 2. The summed E-state index contributed by atoms with van der Waals surface area (Å²) in [6.45, 7) is 2.02. The second kappa shape index (κ2) is 5.90. The van der Waals surface area contributed by atoms with Gasteiger partial charge in [0.25, 0.3) is 0 Å². The fraction of sp³-hybridized carbons (Fsp3) is 0.500. The summed E-state index contributed by atoms with van der Waals surface area (Å²) >= 11 is 0. The summed E-state index contributed by atoms with van der Waals surface area (Å²) in [4.78, 5) is 26.8. The number of rotatable bonds is 3. The Morgan fingerprint density at radius 3 is 2.65 bits per heavy atom. The number of aromatic nitrogens is 1. The Hall–Kier alpha value is -2.11. The second-order valence-electron chi connectivity index (χ2n) is 5.41. The third kappa shape index (κ3) is 3.46. The van der Waals surface area contributed by atoms with Gasteiger partial charge in [-0.05, 0) is 31.9 Å². The first-order valence-corrected chi connectivity index (χ1v) is 6.78. The largest absolute Gasteiger partial charge is 0.476 e. The molecule has 1 aromatic heterocycles. The van der Waals surface area contributed by atoms with Gasteiger partial charge in [0.2, 0.25) is 0 Å². The molecule has 6 heteroatoms. The molecule has 3 N–H and O–H groups in total. The zero-order chi connectivity index (χ0) is 14.6. The number of carboxylic acids is 1. The molecule has 20 heavy (non-hydrogen) atoms. The van der Waals surface area contributed by atoms with Crippen LogP contribution in [-0.4, -0.2) is 27.6 Å². The van der Waals surface area contributed by atoms with Crippen LogP contribution in [0.4, 0.5) is 10.5 Å². The van der Waals surface area contributed by atoms with Crippen molar-refractivity contribution in [1.82, 2.24) is 10.3 Å². The Bertz CT molecular complexity index is 510. The Morgan fingerprint density at radius 2 is 2.00 bits per heavy atom. The molecule has 2 rings (SSSR count). The summed E-state index contributed by atoms with van der Waals surface area (Å²) in [5.41, 5.74) is -0.165. The first-order chi connectivity index (χ1) is 9.50. The van der Waals surface area contributed by atoms with Crippen LogP contribution in [0.3, 0.4) is 0 Å². The van der Waals surface area contributed by atoms with Gasteiger partial charge in [0, 0.05) is 11.7 Å². The molecule has 0 spiro atoms. The van der Waals surface area contributed by atoms with Gasteiger partial charge in [-0.1, -0.05) is 19.3 Å². The Labute approximate surface area is 117 Å². The van der Waals surface area contributed by atoms with E-state index < -0.39 is 5.97 Å². The molecule has 0 atom stereocenters. The molecule has 1 aromatic rings. The highest BCUT2D eigenvalue weighted by Crippen LogP contribution is 2.27. The van der Waals surface area contributed by atoms with Crippen LogP contribution in [0.25, 0.3) is 0 Å². The molecular formula is C14H19N3O3. The summed E-state index contributed by atoms with van der Waals surface area (Å²) in [7, 11) is 0. The van der Waals surface area contributed by atoms with Gasteiger partial charge in [0.05, 0.1) is 5.69 Å². The maximum Gasteiger partial charge on any atom is 0.356 e. The maximum absolute atomic E-state index is 12.0. The van der Waals surface area contributed by atoms with Crippen molar-refractivity contribution in [2.75, 3.05) is 5.32 Å². The molecule has 1 aliphatic carbocycles. The molecule has 0 radical (unpaired) electrons. The van der Waals surface area contributed by atoms with E-state index in [0.29, 0.717) is 0 Å². The summed E-state index contributed by atoms with van der Waals surface area (Å²) in [6.07, 6.45) is 6.67. The fourth-order valence-corrected chi connectivity index (χ4v) is 2.56. The topological polar surface area (TPSA) is 91.3 Å². The lowest BCUT2D eigenvalue weighted by Crippen LogP contribution is -2.49. The molecule has 1 heterocycles. The van der Waals surface area contributed by atoms with E-state index in [2.05, 4.69) is 15.6 Å². The number of hydrogen-bond acceptors (Lipinski definition) is 3. The molecule has 0 saturated heterocycles. The number of nitrogens with zero attached hydrogens (tertiary/aromatic N) is 1. The van der Waals surface area contributed by atoms with Crippen LogP contribution in [0.15, 0.2) is 18.3 Å². The van der Waals surface area contributed by atoms with E-state index in [1.165, 1.54) is 18.7 Å². The van der Waals surface area contributed by atoms with Crippen molar-refractivity contribution in [3.8, 4) is 0 Å². The lowest BCUT2D eigenvalue weighted by Gasteiger charge is -2.34. The van der Waals surface area contributed by atoms with Gasteiger partial charge in [-0.15, -0.1) is 0 Å². The fourth-order valence-electron chi connectivity index (χ4n) is 2.56. The molecule has 0 bridgehead atoms. The predicted molar refractivity (Wildman–Crippen MR) is 74.8 cm³/mol. The smallest absolute Gasteiger partial charge is 0.356 e. The van der Waals surface area contributed by atoms with Crippen molar-refractivity contribution < 1.29 is 14.7 Å². The van der Waals surface area contributed by atoms with Crippen molar-refractivity contribution >= 4 is 17.7 Å². The number of pyridine rings is 1. The molecule has 0 aromatic carbocycles. The van der Waals surface area contributed by atoms with E-state index in [9.17, 15) is 9.59 Å². The van der Waals surface area contributed by atoms with E-state index in [0.717, 1.165) is 25.7 Å². The molecule has 1 aliphatic rings. The van der Waals surface area contributed by atoms with Gasteiger partial charge < -0.3 is 15.7 Å². The molecule has 2 amide bonds. The van der Waals surface area contributed by atoms with Gasteiger partial charge >= 0.3 is 12.0 Å². The van der Waals surface area contributed by atoms with Crippen molar-refractivity contribution in [3.63, 3.8) is 0 Å². The number of hydrogen-bond donors (Lipinski definition) is 3. The number of carbonyl (C=O) groups is 2. The minimum atomic E-state index is -1.16. The molecule has 0 aliphatic heterocycles. The summed E-state index contributed by atoms with van der Waals surface area (Å²) in [6, 6.07) is 2.73. The lowest BCUT2D eigenvalue weighted by molar-refractivity contribution is 0.0692. The molecule has 6 nitrogen and oxygen atoms in total. The van der Waals surface area contributed by atoms with Gasteiger partial charge in [-0.3, -0.25) is 0 Å². The van der Waals surface area contributed by atoms with E-state index in [1.54, 1.807) is 6.07 Å². The van der Waals surface area contributed by atoms with E-state index in [-0.39, 0.29) is 23.0 Å². The third-order valence-electron chi connectivity index (χ3n) is 3.63. The van der Waals surface area contributed by atoms with Crippen LogP contribution in [0, 0.1) is 0 Å². The molecule has 1 fully saturated rings. The van der Waals surface area contributed by atoms with Crippen LogP contribution in [0.2, 0.25) is 0 Å². The van der Waals surface area contributed by atoms with Crippen LogP contribution < -0.4 is 10.6 Å². The maximum atomic E-state index is 12.0. The first-order valence-electron chi connectivity index (χ1n) is 6.78. The number of aromatic carboxylic acids is 1.